The van der Waals surface area contributed by atoms with Crippen molar-refractivity contribution >= 4 is 21.9 Å². The van der Waals surface area contributed by atoms with E-state index in [4.69, 9.17) is 0 Å². The van der Waals surface area contributed by atoms with Gasteiger partial charge in [-0.25, -0.2) is 0 Å². The van der Waals surface area contributed by atoms with E-state index in [0.717, 1.165) is 6.42 Å². The number of rotatable bonds is 1. The Balaban J connectivity index is 1.98. The zero-order valence-electron chi connectivity index (χ0n) is 8.39. The molecule has 0 nitrogen and oxygen atoms in total. The van der Waals surface area contributed by atoms with Crippen molar-refractivity contribution in [2.75, 3.05) is 0 Å². The molecule has 1 heterocycles. The van der Waals surface area contributed by atoms with Crippen molar-refractivity contribution in [1.29, 1.82) is 0 Å². The zero-order valence-corrected chi connectivity index (χ0v) is 9.21. The molecular formula is C14H12S. The van der Waals surface area contributed by atoms with E-state index < -0.39 is 0 Å². The normalized spacial score (nSPS) is 18.5. The number of benzene rings is 1. The molecule has 1 atom stereocenters. The van der Waals surface area contributed by atoms with Gasteiger partial charge < -0.3 is 0 Å². The van der Waals surface area contributed by atoms with Crippen molar-refractivity contribution in [2.24, 2.45) is 0 Å². The Kier molecular flexibility index (Phi) is 3.59. The molecule has 0 bridgehead atoms. The van der Waals surface area contributed by atoms with Crippen molar-refractivity contribution in [1.82, 2.24) is 0 Å². The summed E-state index contributed by atoms with van der Waals surface area (Å²) in [7, 11) is 0.0969. The van der Waals surface area contributed by atoms with Gasteiger partial charge in [0.25, 0.3) is 0 Å². The van der Waals surface area contributed by atoms with Crippen LogP contribution in [-0.4, -0.2) is 5.37 Å². The standard InChI is InChI=1S/C14H12S/c1-2-8-14(9-3-1)10-4-5-11-15-12-6-7-13-15/h1-4,6,8-10,12-13H,7H2. The van der Waals surface area contributed by atoms with Crippen LogP contribution in [0.1, 0.15) is 12.0 Å². The molecule has 0 saturated carbocycles. The highest BCUT2D eigenvalue weighted by Gasteiger charge is 1.87. The molecule has 0 amide bonds. The van der Waals surface area contributed by atoms with E-state index in [1.807, 2.05) is 30.4 Å². The maximum Gasteiger partial charge on any atom is -0.00935 e. The first-order valence-corrected chi connectivity index (χ1v) is 6.25. The predicted octanol–water partition coefficient (Wildman–Crippen LogP) is 3.65. The van der Waals surface area contributed by atoms with Crippen molar-refractivity contribution in [2.45, 2.75) is 6.42 Å². The van der Waals surface area contributed by atoms with E-state index in [0.29, 0.717) is 0 Å². The van der Waals surface area contributed by atoms with E-state index in [2.05, 4.69) is 40.2 Å². The Bertz CT molecular complexity index is 467. The van der Waals surface area contributed by atoms with Crippen LogP contribution in [0, 0.1) is 11.2 Å². The fraction of sp³-hybridized carbons (Fsp3) is 0.0714. The molecule has 1 unspecified atom stereocenters. The molecule has 1 aromatic carbocycles. The van der Waals surface area contributed by atoms with Crippen molar-refractivity contribution in [3.05, 3.63) is 53.5 Å². The van der Waals surface area contributed by atoms with Crippen molar-refractivity contribution in [3.63, 3.8) is 0 Å². The minimum absolute atomic E-state index is 0.0969. The Hall–Kier alpha value is -1.52. The molecule has 15 heavy (non-hydrogen) atoms. The van der Waals surface area contributed by atoms with E-state index in [9.17, 15) is 0 Å². The Labute approximate surface area is 93.3 Å². The zero-order chi connectivity index (χ0) is 10.3. The first-order chi connectivity index (χ1) is 7.45. The van der Waals surface area contributed by atoms with Gasteiger partial charge in [0.2, 0.25) is 0 Å². The molecule has 0 radical (unpaired) electrons. The lowest BCUT2D eigenvalue weighted by atomic mass is 10.2. The highest BCUT2D eigenvalue weighted by molar-refractivity contribution is 8.21. The van der Waals surface area contributed by atoms with Gasteiger partial charge in [0.05, 0.1) is 0 Å². The summed E-state index contributed by atoms with van der Waals surface area (Å²) in [5.74, 6) is 3.08. The average Bonchev–Trinajstić information content (AvgIpc) is 2.79. The van der Waals surface area contributed by atoms with Gasteiger partial charge in [-0.1, -0.05) is 52.8 Å². The molecule has 2 rings (SSSR count). The molecule has 0 saturated heterocycles. The summed E-state index contributed by atoms with van der Waals surface area (Å²) in [6.45, 7) is 0. The number of allylic oxidation sites excluding steroid dienone is 2. The lowest BCUT2D eigenvalue weighted by Crippen LogP contribution is -1.66. The maximum absolute atomic E-state index is 3.20. The summed E-state index contributed by atoms with van der Waals surface area (Å²) in [5.41, 5.74) is 1.20. The molecule has 0 fully saturated rings. The fourth-order valence-corrected chi connectivity index (χ4v) is 2.36. The number of hydrogen-bond acceptors (Lipinski definition) is 0. The van der Waals surface area contributed by atoms with Gasteiger partial charge in [0, 0.05) is 0 Å². The van der Waals surface area contributed by atoms with Crippen LogP contribution in [-0.2, 0) is 0 Å². The molecule has 1 aliphatic heterocycles. The largest absolute Gasteiger partial charge is 0.0906 e. The minimum atomic E-state index is 0.0969. The molecule has 0 aliphatic carbocycles. The summed E-state index contributed by atoms with van der Waals surface area (Å²) >= 11 is 0. The SMILES string of the molecule is C(#CS1=CCC=C1)C=Cc1ccccc1. The van der Waals surface area contributed by atoms with Gasteiger partial charge in [-0.15, -0.1) is 0 Å². The summed E-state index contributed by atoms with van der Waals surface area (Å²) in [6, 6.07) is 10.2. The van der Waals surface area contributed by atoms with Gasteiger partial charge in [-0.2, -0.15) is 0 Å². The third kappa shape index (κ3) is 3.27. The molecule has 0 aromatic heterocycles. The first kappa shape index (κ1) is 10.0. The molecule has 1 aliphatic rings. The van der Waals surface area contributed by atoms with E-state index in [-0.39, 0.29) is 10.5 Å². The maximum atomic E-state index is 3.20. The molecule has 1 aromatic rings. The van der Waals surface area contributed by atoms with Crippen LogP contribution in [0.4, 0.5) is 0 Å². The Morgan fingerprint density at radius 2 is 2.07 bits per heavy atom. The Morgan fingerprint density at radius 1 is 1.20 bits per heavy atom. The highest BCUT2D eigenvalue weighted by atomic mass is 32.2. The van der Waals surface area contributed by atoms with Crippen LogP contribution in [0.25, 0.3) is 6.08 Å². The second kappa shape index (κ2) is 5.38. The van der Waals surface area contributed by atoms with E-state index in [1.165, 1.54) is 5.56 Å². The quantitative estimate of drug-likeness (QED) is 0.492. The van der Waals surface area contributed by atoms with Crippen LogP contribution in [0.15, 0.2) is 47.9 Å². The van der Waals surface area contributed by atoms with Crippen molar-refractivity contribution in [3.8, 4) is 11.2 Å². The topological polar surface area (TPSA) is 0 Å². The molecule has 0 N–H and O–H groups in total. The summed E-state index contributed by atoms with van der Waals surface area (Å²) < 4.78 is 0. The lowest BCUT2D eigenvalue weighted by Gasteiger charge is -1.87. The first-order valence-electron chi connectivity index (χ1n) is 4.90. The van der Waals surface area contributed by atoms with Crippen LogP contribution in [0.3, 0.4) is 0 Å². The minimum Gasteiger partial charge on any atom is -0.0906 e. The Morgan fingerprint density at radius 3 is 2.80 bits per heavy atom. The molecular weight excluding hydrogens is 200 g/mol. The average molecular weight is 212 g/mol. The van der Waals surface area contributed by atoms with Crippen LogP contribution in [0.5, 0.6) is 0 Å². The number of hydrogen-bond donors (Lipinski definition) is 0. The summed E-state index contributed by atoms with van der Waals surface area (Å²) in [5, 5.41) is 7.61. The second-order valence-electron chi connectivity index (χ2n) is 3.14. The third-order valence-corrected chi connectivity index (χ3v) is 3.38. The third-order valence-electron chi connectivity index (χ3n) is 1.99. The molecule has 0 spiro atoms. The van der Waals surface area contributed by atoms with Gasteiger partial charge in [0.15, 0.2) is 0 Å². The van der Waals surface area contributed by atoms with Gasteiger partial charge in [-0.05, 0) is 40.2 Å². The van der Waals surface area contributed by atoms with Crippen LogP contribution >= 0.6 is 10.5 Å². The summed E-state index contributed by atoms with van der Waals surface area (Å²) in [6.07, 6.45) is 7.19. The lowest BCUT2D eigenvalue weighted by molar-refractivity contribution is 1.60. The van der Waals surface area contributed by atoms with E-state index in [1.54, 1.807) is 0 Å². The smallest absolute Gasteiger partial charge is 0.00935 e. The van der Waals surface area contributed by atoms with E-state index >= 15 is 0 Å². The second-order valence-corrected chi connectivity index (χ2v) is 4.69. The predicted molar refractivity (Wildman–Crippen MR) is 70.7 cm³/mol. The van der Waals surface area contributed by atoms with Crippen LogP contribution in [0.2, 0.25) is 0 Å². The van der Waals surface area contributed by atoms with Crippen LogP contribution < -0.4 is 0 Å². The van der Waals surface area contributed by atoms with Crippen molar-refractivity contribution < 1.29 is 0 Å². The van der Waals surface area contributed by atoms with Gasteiger partial charge >= 0.3 is 0 Å². The van der Waals surface area contributed by atoms with Gasteiger partial charge in [-0.3, -0.25) is 0 Å². The van der Waals surface area contributed by atoms with Gasteiger partial charge in [0.1, 0.15) is 0 Å². The highest BCUT2D eigenvalue weighted by Crippen LogP contribution is 2.17. The molecule has 1 heteroatoms. The molecule has 74 valence electrons. The fourth-order valence-electron chi connectivity index (χ4n) is 1.25. The monoisotopic (exact) mass is 212 g/mol. The summed E-state index contributed by atoms with van der Waals surface area (Å²) in [4.78, 5) is 0.